The monoisotopic (exact) mass is 258 g/mol. The van der Waals surface area contributed by atoms with Crippen LogP contribution in [0, 0.1) is 0 Å². The first-order chi connectivity index (χ1) is 3.81. The first-order valence-corrected chi connectivity index (χ1v) is 3.37. The van der Waals surface area contributed by atoms with Crippen LogP contribution in [0.4, 0.5) is 0 Å². The van der Waals surface area contributed by atoms with Gasteiger partial charge in [0.2, 0.25) is 0 Å². The van der Waals surface area contributed by atoms with E-state index < -0.39 is 8.25 Å². The zero-order valence-electron chi connectivity index (χ0n) is 14.7. The SMILES string of the molecule is CCCO[P+](=O)ON.[H-].[H-].[H-].[H-].[H-].[Na+].[Na+].[Na+].[Na+].[Na+]. The van der Waals surface area contributed by atoms with Crippen LogP contribution in [0.25, 0.3) is 0 Å². The smallest absolute Gasteiger partial charge is 1.00 e. The summed E-state index contributed by atoms with van der Waals surface area (Å²) in [6, 6.07) is 0. The second-order valence-electron chi connectivity index (χ2n) is 1.16. The van der Waals surface area contributed by atoms with Gasteiger partial charge in [0.15, 0.2) is 0 Å². The molecule has 0 aliphatic carbocycles. The Hall–Kier alpha value is 4.98. The number of nitrogens with two attached hydrogens (primary N) is 1. The van der Waals surface area contributed by atoms with Crippen LogP contribution >= 0.6 is 8.25 Å². The van der Waals surface area contributed by atoms with Gasteiger partial charge in [0.25, 0.3) is 0 Å². The number of rotatable bonds is 4. The summed E-state index contributed by atoms with van der Waals surface area (Å²) in [6.07, 6.45) is 0.810. The van der Waals surface area contributed by atoms with E-state index in [2.05, 4.69) is 15.0 Å². The quantitative estimate of drug-likeness (QED) is 0.309. The van der Waals surface area contributed by atoms with Gasteiger partial charge in [-0.25, -0.2) is 0 Å². The molecule has 0 aliphatic rings. The van der Waals surface area contributed by atoms with Gasteiger partial charge in [-0.3, -0.25) is 0 Å². The fraction of sp³-hybridized carbons (Fsp3) is 1.00. The van der Waals surface area contributed by atoms with Crippen LogP contribution in [0.15, 0.2) is 0 Å². The first kappa shape index (κ1) is 36.1. The Morgan fingerprint density at radius 1 is 1.23 bits per heavy atom. The van der Waals surface area contributed by atoms with E-state index in [9.17, 15) is 4.57 Å². The van der Waals surface area contributed by atoms with Crippen molar-refractivity contribution in [2.45, 2.75) is 13.3 Å². The van der Waals surface area contributed by atoms with Crippen molar-refractivity contribution in [3.63, 3.8) is 0 Å². The number of hydrogen-bond acceptors (Lipinski definition) is 4. The van der Waals surface area contributed by atoms with Crippen molar-refractivity contribution in [1.29, 1.82) is 0 Å². The van der Waals surface area contributed by atoms with Crippen molar-refractivity contribution in [3.05, 3.63) is 0 Å². The molecule has 58 valence electrons. The fourth-order valence-electron chi connectivity index (χ4n) is 0.196. The second kappa shape index (κ2) is 30.2. The molecule has 2 N–H and O–H groups in total. The summed E-state index contributed by atoms with van der Waals surface area (Å²) in [5.74, 6) is 4.50. The van der Waals surface area contributed by atoms with E-state index in [1.165, 1.54) is 0 Å². The Morgan fingerprint density at radius 3 is 1.85 bits per heavy atom. The van der Waals surface area contributed by atoms with Gasteiger partial charge in [0.05, 0.1) is 0 Å². The molecule has 10 heteroatoms. The average molecular weight is 258 g/mol. The van der Waals surface area contributed by atoms with Gasteiger partial charge in [-0.1, -0.05) is 6.92 Å². The van der Waals surface area contributed by atoms with E-state index >= 15 is 0 Å². The van der Waals surface area contributed by atoms with Crippen LogP contribution in [0.5, 0.6) is 0 Å². The molecule has 1 atom stereocenters. The standard InChI is InChI=1S/C3H9NO3P.5Na.5H/c1-2-3-6-8(5)7-4;;;;;;;;;;/h2-4H2,1H3;;;;;;;;;;/q6*+1;5*-1. The van der Waals surface area contributed by atoms with Gasteiger partial charge in [-0.15, -0.1) is 4.52 Å². The molecule has 0 aromatic rings. The van der Waals surface area contributed by atoms with Crippen LogP contribution in [0.2, 0.25) is 0 Å². The largest absolute Gasteiger partial charge is 1.00 e. The normalized spacial score (nSPS) is 7.08. The maximum Gasteiger partial charge on any atom is 1.00 e. The van der Waals surface area contributed by atoms with Crippen molar-refractivity contribution < 1.29 is 169 Å². The topological polar surface area (TPSA) is 61.5 Å². The minimum Gasteiger partial charge on any atom is -1.00 e. The Labute approximate surface area is 198 Å². The van der Waals surface area contributed by atoms with Gasteiger partial charge in [0.1, 0.15) is 6.61 Å². The molecule has 1 unspecified atom stereocenters. The van der Waals surface area contributed by atoms with Crippen molar-refractivity contribution in [2.24, 2.45) is 5.90 Å². The van der Waals surface area contributed by atoms with E-state index in [0.29, 0.717) is 6.61 Å². The Balaban J connectivity index is -0.00000000544. The van der Waals surface area contributed by atoms with Gasteiger partial charge in [-0.2, -0.15) is 5.90 Å². The van der Waals surface area contributed by atoms with Crippen molar-refractivity contribution in [2.75, 3.05) is 6.61 Å². The third kappa shape index (κ3) is 31.6. The molecule has 0 fully saturated rings. The van der Waals surface area contributed by atoms with Crippen LogP contribution < -0.4 is 154 Å². The molecular formula is C3H14NNa5O3P+. The minimum absolute atomic E-state index is 0. The molecule has 0 rings (SSSR count). The van der Waals surface area contributed by atoms with E-state index in [1.807, 2.05) is 6.92 Å². The maximum absolute atomic E-state index is 10.1. The molecule has 0 aliphatic heterocycles. The molecule has 0 aromatic carbocycles. The van der Waals surface area contributed by atoms with Crippen molar-refractivity contribution in [3.8, 4) is 0 Å². The molecular weight excluding hydrogens is 244 g/mol. The van der Waals surface area contributed by atoms with E-state index in [4.69, 9.17) is 0 Å². The van der Waals surface area contributed by atoms with Gasteiger partial charge in [0, 0.05) is 4.57 Å². The molecule has 4 nitrogen and oxygen atoms in total. The van der Waals surface area contributed by atoms with Gasteiger partial charge >= 0.3 is 156 Å². The van der Waals surface area contributed by atoms with Gasteiger partial charge in [-0.05, 0) is 11.0 Å². The number of hydrogen-bond donors (Lipinski definition) is 1. The zero-order chi connectivity index (χ0) is 6.41. The molecule has 13 heavy (non-hydrogen) atoms. The first-order valence-electron chi connectivity index (χ1n) is 2.28. The van der Waals surface area contributed by atoms with Gasteiger partial charge < -0.3 is 7.13 Å². The average Bonchev–Trinajstić information content (AvgIpc) is 1.83. The summed E-state index contributed by atoms with van der Waals surface area (Å²) in [5, 5.41) is 0. The second-order valence-corrected chi connectivity index (χ2v) is 2.08. The van der Waals surface area contributed by atoms with Crippen LogP contribution in [-0.2, 0) is 13.7 Å². The third-order valence-electron chi connectivity index (χ3n) is 0.487. The molecule has 0 spiro atoms. The summed E-state index contributed by atoms with van der Waals surface area (Å²) in [5.41, 5.74) is 0. The van der Waals surface area contributed by atoms with E-state index in [0.717, 1.165) is 6.42 Å². The predicted octanol–water partition coefficient (Wildman–Crippen LogP) is -13.5. The van der Waals surface area contributed by atoms with Crippen molar-refractivity contribution in [1.82, 2.24) is 0 Å². The Kier molecular flexibility index (Phi) is 83.9. The summed E-state index contributed by atoms with van der Waals surface area (Å²) in [7, 11) is -2.06. The maximum atomic E-state index is 10.1. The molecule has 0 radical (unpaired) electrons. The third-order valence-corrected chi connectivity index (χ3v) is 1.05. The summed E-state index contributed by atoms with van der Waals surface area (Å²) in [4.78, 5) is 0. The Bertz CT molecular complexity index is 105. The molecule has 0 heterocycles. The van der Waals surface area contributed by atoms with Crippen LogP contribution in [0.3, 0.4) is 0 Å². The zero-order valence-corrected chi connectivity index (χ0v) is 20.6. The molecule has 0 saturated carbocycles. The van der Waals surface area contributed by atoms with Crippen LogP contribution in [-0.4, -0.2) is 6.61 Å². The Morgan fingerprint density at radius 2 is 1.62 bits per heavy atom. The molecule has 0 amide bonds. The van der Waals surface area contributed by atoms with Crippen LogP contribution in [0.1, 0.15) is 20.5 Å². The predicted molar refractivity (Wildman–Crippen MR) is 34.7 cm³/mol. The van der Waals surface area contributed by atoms with E-state index in [1.54, 1.807) is 0 Å². The molecule has 0 bridgehead atoms. The summed E-state index contributed by atoms with van der Waals surface area (Å²) >= 11 is 0. The summed E-state index contributed by atoms with van der Waals surface area (Å²) < 4.78 is 18.5. The van der Waals surface area contributed by atoms with Crippen molar-refractivity contribution >= 4 is 8.25 Å². The fourth-order valence-corrected chi connectivity index (χ4v) is 0.589. The van der Waals surface area contributed by atoms with E-state index in [-0.39, 0.29) is 155 Å². The summed E-state index contributed by atoms with van der Waals surface area (Å²) in [6.45, 7) is 2.33. The molecule has 0 saturated heterocycles. The minimum atomic E-state index is -2.06. The molecule has 0 aromatic heterocycles.